The first-order valence-corrected chi connectivity index (χ1v) is 6.56. The summed E-state index contributed by atoms with van der Waals surface area (Å²) in [5.41, 5.74) is 7.35. The summed E-state index contributed by atoms with van der Waals surface area (Å²) in [6.07, 6.45) is 5.06. The van der Waals surface area contributed by atoms with Crippen molar-refractivity contribution in [3.05, 3.63) is 17.8 Å². The van der Waals surface area contributed by atoms with E-state index in [0.717, 1.165) is 31.2 Å². The second-order valence-electron chi connectivity index (χ2n) is 4.99. The van der Waals surface area contributed by atoms with Crippen LogP contribution in [0.1, 0.15) is 31.2 Å². The highest BCUT2D eigenvalue weighted by atomic mass is 16.5. The van der Waals surface area contributed by atoms with Crippen molar-refractivity contribution < 1.29 is 14.3 Å². The molecule has 19 heavy (non-hydrogen) atoms. The number of esters is 1. The zero-order chi connectivity index (χ0) is 13.8. The Morgan fingerprint density at radius 3 is 2.63 bits per heavy atom. The maximum absolute atomic E-state index is 11.4. The van der Waals surface area contributed by atoms with E-state index in [2.05, 4.69) is 4.98 Å². The monoisotopic (exact) mass is 264 g/mol. The average molecular weight is 264 g/mol. The Balaban J connectivity index is 1.88. The summed E-state index contributed by atoms with van der Waals surface area (Å²) < 4.78 is 10.6. The standard InChI is InChI=1S/C14H20N2O3/c1-9-7-13(16-8-12(9)15)19-11-5-3-10(4-6-11)14(17)18-2/h7-8,10-11H,3-6,15H2,1-2H3/t10-,11-. The molecule has 1 heterocycles. The first-order chi connectivity index (χ1) is 9.10. The SMILES string of the molecule is COC(=O)[C@H]1CC[C@H](Oc2cc(C)c(N)cn2)CC1. The van der Waals surface area contributed by atoms with Gasteiger partial charge in [0.25, 0.3) is 0 Å². The number of hydrogen-bond acceptors (Lipinski definition) is 5. The molecular weight excluding hydrogens is 244 g/mol. The predicted molar refractivity (Wildman–Crippen MR) is 71.8 cm³/mol. The number of nitrogen functional groups attached to an aromatic ring is 1. The number of anilines is 1. The lowest BCUT2D eigenvalue weighted by molar-refractivity contribution is -0.147. The molecule has 1 aliphatic carbocycles. The Bertz CT molecular complexity index is 454. The van der Waals surface area contributed by atoms with E-state index < -0.39 is 0 Å². The summed E-state index contributed by atoms with van der Waals surface area (Å²) in [4.78, 5) is 15.6. The van der Waals surface area contributed by atoms with Gasteiger partial charge < -0.3 is 15.2 Å². The molecule has 5 heteroatoms. The smallest absolute Gasteiger partial charge is 0.308 e. The molecule has 1 saturated carbocycles. The van der Waals surface area contributed by atoms with Gasteiger partial charge in [-0.3, -0.25) is 4.79 Å². The van der Waals surface area contributed by atoms with E-state index in [1.165, 1.54) is 7.11 Å². The summed E-state index contributed by atoms with van der Waals surface area (Å²) in [5, 5.41) is 0. The van der Waals surface area contributed by atoms with Gasteiger partial charge >= 0.3 is 5.97 Å². The Kier molecular flexibility index (Phi) is 4.24. The van der Waals surface area contributed by atoms with E-state index in [-0.39, 0.29) is 18.0 Å². The normalized spacial score (nSPS) is 22.8. The van der Waals surface area contributed by atoms with Gasteiger partial charge in [-0.15, -0.1) is 0 Å². The molecule has 0 radical (unpaired) electrons. The molecule has 1 aromatic rings. The third-order valence-corrected chi connectivity index (χ3v) is 3.62. The van der Waals surface area contributed by atoms with Gasteiger partial charge in [-0.05, 0) is 38.2 Å². The van der Waals surface area contributed by atoms with Gasteiger partial charge in [0, 0.05) is 6.07 Å². The van der Waals surface area contributed by atoms with Crippen molar-refractivity contribution >= 4 is 11.7 Å². The first kappa shape index (κ1) is 13.6. The summed E-state index contributed by atoms with van der Waals surface area (Å²) in [6.45, 7) is 1.93. The summed E-state index contributed by atoms with van der Waals surface area (Å²) in [6, 6.07) is 1.85. The number of aromatic nitrogens is 1. The number of aryl methyl sites for hydroxylation is 1. The number of carbonyl (C=O) groups excluding carboxylic acids is 1. The van der Waals surface area contributed by atoms with Crippen LogP contribution in [0.4, 0.5) is 5.69 Å². The van der Waals surface area contributed by atoms with Crippen LogP contribution in [0.25, 0.3) is 0 Å². The Labute approximate surface area is 113 Å². The van der Waals surface area contributed by atoms with E-state index in [0.29, 0.717) is 11.6 Å². The lowest BCUT2D eigenvalue weighted by Crippen LogP contribution is -2.28. The highest BCUT2D eigenvalue weighted by Gasteiger charge is 2.28. The van der Waals surface area contributed by atoms with Crippen molar-refractivity contribution in [1.29, 1.82) is 0 Å². The highest BCUT2D eigenvalue weighted by Crippen LogP contribution is 2.28. The van der Waals surface area contributed by atoms with Crippen molar-refractivity contribution in [3.8, 4) is 5.88 Å². The second-order valence-corrected chi connectivity index (χ2v) is 4.99. The van der Waals surface area contributed by atoms with E-state index >= 15 is 0 Å². The molecule has 5 nitrogen and oxygen atoms in total. The van der Waals surface area contributed by atoms with Crippen molar-refractivity contribution in [1.82, 2.24) is 4.98 Å². The molecule has 0 bridgehead atoms. The van der Waals surface area contributed by atoms with Crippen LogP contribution in [0.15, 0.2) is 12.3 Å². The number of carbonyl (C=O) groups is 1. The molecule has 0 amide bonds. The average Bonchev–Trinajstić information content (AvgIpc) is 2.43. The minimum atomic E-state index is -0.111. The zero-order valence-corrected chi connectivity index (χ0v) is 11.4. The molecule has 0 saturated heterocycles. The number of pyridine rings is 1. The molecule has 1 fully saturated rings. The lowest BCUT2D eigenvalue weighted by atomic mass is 9.87. The lowest BCUT2D eigenvalue weighted by Gasteiger charge is -2.27. The number of nitrogens with zero attached hydrogens (tertiary/aromatic N) is 1. The maximum Gasteiger partial charge on any atom is 0.308 e. The highest BCUT2D eigenvalue weighted by molar-refractivity contribution is 5.72. The summed E-state index contributed by atoms with van der Waals surface area (Å²) >= 11 is 0. The fraction of sp³-hybridized carbons (Fsp3) is 0.571. The molecular formula is C14H20N2O3. The van der Waals surface area contributed by atoms with Crippen LogP contribution in [0.5, 0.6) is 5.88 Å². The van der Waals surface area contributed by atoms with Crippen LogP contribution < -0.4 is 10.5 Å². The van der Waals surface area contributed by atoms with Gasteiger partial charge in [0.2, 0.25) is 5.88 Å². The van der Waals surface area contributed by atoms with Gasteiger partial charge in [0.1, 0.15) is 6.10 Å². The van der Waals surface area contributed by atoms with Crippen LogP contribution in [0.3, 0.4) is 0 Å². The molecule has 0 aliphatic heterocycles. The van der Waals surface area contributed by atoms with Crippen LogP contribution in [-0.4, -0.2) is 24.2 Å². The Morgan fingerprint density at radius 2 is 2.05 bits per heavy atom. The van der Waals surface area contributed by atoms with E-state index in [4.69, 9.17) is 15.2 Å². The fourth-order valence-corrected chi connectivity index (χ4v) is 2.36. The quantitative estimate of drug-likeness (QED) is 0.846. The molecule has 1 aliphatic rings. The van der Waals surface area contributed by atoms with Crippen molar-refractivity contribution in [2.24, 2.45) is 5.92 Å². The number of methoxy groups -OCH3 is 1. The third kappa shape index (κ3) is 3.36. The fourth-order valence-electron chi connectivity index (χ4n) is 2.36. The molecule has 0 spiro atoms. The Hall–Kier alpha value is -1.78. The Morgan fingerprint density at radius 1 is 1.37 bits per heavy atom. The molecule has 2 N–H and O–H groups in total. The minimum absolute atomic E-state index is 0.0194. The van der Waals surface area contributed by atoms with Crippen molar-refractivity contribution in [2.45, 2.75) is 38.7 Å². The minimum Gasteiger partial charge on any atom is -0.474 e. The van der Waals surface area contributed by atoms with E-state index in [9.17, 15) is 4.79 Å². The van der Waals surface area contributed by atoms with Crippen LogP contribution in [-0.2, 0) is 9.53 Å². The summed E-state index contributed by atoms with van der Waals surface area (Å²) in [5.74, 6) is 0.513. The molecule has 0 atom stereocenters. The molecule has 1 aromatic heterocycles. The second kappa shape index (κ2) is 5.91. The molecule has 0 unspecified atom stereocenters. The van der Waals surface area contributed by atoms with Crippen LogP contribution >= 0.6 is 0 Å². The van der Waals surface area contributed by atoms with Crippen molar-refractivity contribution in [2.75, 3.05) is 12.8 Å². The predicted octanol–water partition coefficient (Wildman–Crippen LogP) is 2.08. The van der Waals surface area contributed by atoms with E-state index in [1.807, 2.05) is 13.0 Å². The maximum atomic E-state index is 11.4. The number of hydrogen-bond donors (Lipinski definition) is 1. The van der Waals surface area contributed by atoms with Gasteiger partial charge in [-0.2, -0.15) is 0 Å². The van der Waals surface area contributed by atoms with Crippen LogP contribution in [0.2, 0.25) is 0 Å². The number of ether oxygens (including phenoxy) is 2. The van der Waals surface area contributed by atoms with E-state index in [1.54, 1.807) is 6.20 Å². The number of nitrogens with two attached hydrogens (primary N) is 1. The van der Waals surface area contributed by atoms with Crippen LogP contribution in [0, 0.1) is 12.8 Å². The summed E-state index contributed by atoms with van der Waals surface area (Å²) in [7, 11) is 1.44. The van der Waals surface area contributed by atoms with Gasteiger partial charge in [0.15, 0.2) is 0 Å². The zero-order valence-electron chi connectivity index (χ0n) is 11.4. The molecule has 2 rings (SSSR count). The largest absolute Gasteiger partial charge is 0.474 e. The van der Waals surface area contributed by atoms with Crippen molar-refractivity contribution in [3.63, 3.8) is 0 Å². The first-order valence-electron chi connectivity index (χ1n) is 6.56. The third-order valence-electron chi connectivity index (χ3n) is 3.62. The molecule has 0 aromatic carbocycles. The topological polar surface area (TPSA) is 74.4 Å². The van der Waals surface area contributed by atoms with Gasteiger partial charge in [-0.1, -0.05) is 0 Å². The van der Waals surface area contributed by atoms with Gasteiger partial charge in [-0.25, -0.2) is 4.98 Å². The molecule has 104 valence electrons. The van der Waals surface area contributed by atoms with Gasteiger partial charge in [0.05, 0.1) is 24.9 Å². The number of rotatable bonds is 3.